The van der Waals surface area contributed by atoms with E-state index in [1.54, 1.807) is 18.2 Å². The van der Waals surface area contributed by atoms with E-state index in [1.807, 2.05) is 24.3 Å². The van der Waals surface area contributed by atoms with Gasteiger partial charge >= 0.3 is 0 Å². The Morgan fingerprint density at radius 1 is 1.23 bits per heavy atom. The summed E-state index contributed by atoms with van der Waals surface area (Å²) in [6.07, 6.45) is 10.9. The maximum atomic E-state index is 11.7. The fourth-order valence-electron chi connectivity index (χ4n) is 3.15. The number of anilines is 2. The summed E-state index contributed by atoms with van der Waals surface area (Å²) in [5.74, 6) is 1.09. The van der Waals surface area contributed by atoms with E-state index in [9.17, 15) is 4.21 Å². The van der Waals surface area contributed by atoms with Gasteiger partial charge in [0.1, 0.15) is 9.92 Å². The minimum Gasteiger partial charge on any atom is -0.419 e. The zero-order valence-corrected chi connectivity index (χ0v) is 17.3. The van der Waals surface area contributed by atoms with Crippen molar-refractivity contribution in [3.63, 3.8) is 0 Å². The molecule has 9 nitrogen and oxygen atoms in total. The fourth-order valence-corrected chi connectivity index (χ4v) is 3.73. The molecule has 30 heavy (non-hydrogen) atoms. The number of benzene rings is 1. The zero-order chi connectivity index (χ0) is 21.3. The highest BCUT2D eigenvalue weighted by atomic mass is 32.2. The molecule has 1 aliphatic rings. The van der Waals surface area contributed by atoms with Crippen molar-refractivity contribution in [1.82, 2.24) is 20.2 Å². The molecule has 0 saturated heterocycles. The molecule has 0 aliphatic heterocycles. The van der Waals surface area contributed by atoms with Gasteiger partial charge in [0.15, 0.2) is 11.5 Å². The van der Waals surface area contributed by atoms with Crippen LogP contribution in [0.2, 0.25) is 0 Å². The summed E-state index contributed by atoms with van der Waals surface area (Å²) in [6, 6.07) is 7.07. The molecule has 4 N–H and O–H groups in total. The van der Waals surface area contributed by atoms with Gasteiger partial charge in [0.2, 0.25) is 5.89 Å². The molecule has 3 aromatic rings. The molecule has 0 radical (unpaired) electrons. The maximum Gasteiger partial charge on any atom is 0.270 e. The lowest BCUT2D eigenvalue weighted by Crippen LogP contribution is -2.07. The lowest BCUT2D eigenvalue weighted by molar-refractivity contribution is 0.446. The summed E-state index contributed by atoms with van der Waals surface area (Å²) in [6.45, 7) is 2.08. The highest BCUT2D eigenvalue weighted by Crippen LogP contribution is 2.32. The molecule has 0 saturated carbocycles. The van der Waals surface area contributed by atoms with E-state index >= 15 is 0 Å². The van der Waals surface area contributed by atoms with Gasteiger partial charge in [0, 0.05) is 17.5 Å². The van der Waals surface area contributed by atoms with Crippen molar-refractivity contribution in [2.75, 3.05) is 16.7 Å². The van der Waals surface area contributed by atoms with Crippen molar-refractivity contribution >= 4 is 21.4 Å². The van der Waals surface area contributed by atoms with Gasteiger partial charge in [-0.1, -0.05) is 43.4 Å². The molecule has 1 aromatic carbocycles. The average Bonchev–Trinajstić information content (AvgIpc) is 3.17. The number of hydrogen-bond donors (Lipinski definition) is 3. The monoisotopic (exact) mass is 423 g/mol. The Labute approximate surface area is 174 Å². The van der Waals surface area contributed by atoms with E-state index in [2.05, 4.69) is 37.9 Å². The SMILES string of the molecule is CC1C=CC=CC1c1nnc(-c2nc(-c3cccc(N[S@@](C)(=N)=O)c3)cnc2N)o1. The Morgan fingerprint density at radius 3 is 2.80 bits per heavy atom. The van der Waals surface area contributed by atoms with Gasteiger partial charge in [0.25, 0.3) is 5.89 Å². The standard InChI is InChI=1S/C20H21N7O2S/c1-12-6-3-4-9-15(12)19-25-26-20(29-19)17-18(21)23-11-16(24-17)13-7-5-8-14(10-13)27-30(2,22)28/h3-12,15H,1-2H3,(H2,21,23)(H2,22,27,28)/t12?,15?,30-/m1/s1. The summed E-state index contributed by atoms with van der Waals surface area (Å²) in [5.41, 5.74) is 8.11. The first-order chi connectivity index (χ1) is 14.3. The third-order valence-electron chi connectivity index (χ3n) is 4.61. The number of nitrogen functional groups attached to an aromatic ring is 1. The normalized spacial score (nSPS) is 20.1. The molecule has 0 amide bonds. The van der Waals surface area contributed by atoms with Gasteiger partial charge < -0.3 is 10.2 Å². The molecule has 0 fully saturated rings. The summed E-state index contributed by atoms with van der Waals surface area (Å²) in [5, 5.41) is 8.30. The van der Waals surface area contributed by atoms with Gasteiger partial charge in [-0.05, 0) is 18.1 Å². The van der Waals surface area contributed by atoms with Crippen molar-refractivity contribution in [1.29, 1.82) is 4.78 Å². The largest absolute Gasteiger partial charge is 0.419 e. The molecule has 1 aliphatic carbocycles. The Kier molecular flexibility index (Phi) is 5.08. The second kappa shape index (κ2) is 7.71. The second-order valence-corrected chi connectivity index (χ2v) is 9.01. The Bertz CT molecular complexity index is 1250. The van der Waals surface area contributed by atoms with Crippen LogP contribution in [0.1, 0.15) is 18.7 Å². The summed E-state index contributed by atoms with van der Waals surface area (Å²) < 4.78 is 27.8. The van der Waals surface area contributed by atoms with Crippen molar-refractivity contribution in [3.05, 3.63) is 60.7 Å². The van der Waals surface area contributed by atoms with Crippen molar-refractivity contribution < 1.29 is 8.63 Å². The number of nitrogens with one attached hydrogen (secondary N) is 2. The number of nitrogens with two attached hydrogens (primary N) is 1. The molecule has 0 spiro atoms. The molecule has 154 valence electrons. The number of rotatable bonds is 5. The summed E-state index contributed by atoms with van der Waals surface area (Å²) in [4.78, 5) is 8.79. The van der Waals surface area contributed by atoms with Crippen LogP contribution < -0.4 is 10.5 Å². The predicted molar refractivity (Wildman–Crippen MR) is 116 cm³/mol. The van der Waals surface area contributed by atoms with Crippen LogP contribution in [0.3, 0.4) is 0 Å². The number of allylic oxidation sites excluding steroid dienone is 4. The first-order valence-corrected chi connectivity index (χ1v) is 11.2. The Balaban J connectivity index is 1.68. The van der Waals surface area contributed by atoms with E-state index in [-0.39, 0.29) is 23.5 Å². The maximum absolute atomic E-state index is 11.7. The summed E-state index contributed by atoms with van der Waals surface area (Å²) >= 11 is 0. The van der Waals surface area contributed by atoms with Crippen molar-refractivity contribution in [2.45, 2.75) is 12.8 Å². The number of aromatic nitrogens is 4. The van der Waals surface area contributed by atoms with Gasteiger partial charge in [-0.2, -0.15) is 0 Å². The van der Waals surface area contributed by atoms with Crippen molar-refractivity contribution in [2.24, 2.45) is 5.92 Å². The molecule has 3 atom stereocenters. The fraction of sp³-hybridized carbons (Fsp3) is 0.200. The second-order valence-electron chi connectivity index (χ2n) is 7.12. The topological polar surface area (TPSA) is 144 Å². The minimum atomic E-state index is -2.90. The first kappa shape index (κ1) is 19.8. The number of hydrogen-bond acceptors (Lipinski definition) is 8. The molecular weight excluding hydrogens is 402 g/mol. The lowest BCUT2D eigenvalue weighted by atomic mass is 9.90. The molecule has 2 heterocycles. The van der Waals surface area contributed by atoms with Gasteiger partial charge in [0.05, 0.1) is 17.8 Å². The third-order valence-corrected chi connectivity index (χ3v) is 5.24. The first-order valence-electron chi connectivity index (χ1n) is 9.23. The van der Waals surface area contributed by atoms with Crippen LogP contribution in [-0.4, -0.2) is 30.6 Å². The molecule has 0 bridgehead atoms. The predicted octanol–water partition coefficient (Wildman–Crippen LogP) is 3.62. The quantitative estimate of drug-likeness (QED) is 0.568. The zero-order valence-electron chi connectivity index (χ0n) is 16.4. The van der Waals surface area contributed by atoms with E-state index in [0.717, 1.165) is 0 Å². The smallest absolute Gasteiger partial charge is 0.270 e. The van der Waals surface area contributed by atoms with Gasteiger partial charge in [-0.25, -0.2) is 19.0 Å². The van der Waals surface area contributed by atoms with E-state index in [0.29, 0.717) is 28.5 Å². The third kappa shape index (κ3) is 4.23. The Morgan fingerprint density at radius 2 is 2.03 bits per heavy atom. The van der Waals surface area contributed by atoms with Crippen LogP contribution in [0.15, 0.2) is 59.2 Å². The van der Waals surface area contributed by atoms with E-state index in [1.165, 1.54) is 12.5 Å². The van der Waals surface area contributed by atoms with Crippen LogP contribution in [0, 0.1) is 10.7 Å². The van der Waals surface area contributed by atoms with E-state index < -0.39 is 9.92 Å². The number of nitrogens with zero attached hydrogens (tertiary/aromatic N) is 4. The highest BCUT2D eigenvalue weighted by molar-refractivity contribution is 7.93. The molecule has 2 aromatic heterocycles. The molecule has 10 heteroatoms. The lowest BCUT2D eigenvalue weighted by Gasteiger charge is -2.15. The van der Waals surface area contributed by atoms with Crippen LogP contribution in [0.4, 0.5) is 11.5 Å². The van der Waals surface area contributed by atoms with Crippen LogP contribution in [0.5, 0.6) is 0 Å². The van der Waals surface area contributed by atoms with Gasteiger partial charge in [-0.3, -0.25) is 4.72 Å². The van der Waals surface area contributed by atoms with Gasteiger partial charge in [-0.15, -0.1) is 10.2 Å². The molecular formula is C20H21N7O2S. The van der Waals surface area contributed by atoms with E-state index in [4.69, 9.17) is 14.9 Å². The van der Waals surface area contributed by atoms with Crippen LogP contribution in [-0.2, 0) is 9.92 Å². The Hall–Kier alpha value is -3.53. The molecule has 2 unspecified atom stereocenters. The highest BCUT2D eigenvalue weighted by Gasteiger charge is 2.24. The van der Waals surface area contributed by atoms with Crippen LogP contribution >= 0.6 is 0 Å². The molecule has 4 rings (SSSR count). The van der Waals surface area contributed by atoms with Crippen molar-refractivity contribution in [3.8, 4) is 22.8 Å². The minimum absolute atomic E-state index is 0.00912. The average molecular weight is 424 g/mol. The van der Waals surface area contributed by atoms with Crippen LogP contribution in [0.25, 0.3) is 22.8 Å². The summed E-state index contributed by atoms with van der Waals surface area (Å²) in [7, 11) is -2.90.